The van der Waals surface area contributed by atoms with E-state index in [0.717, 1.165) is 0 Å². The van der Waals surface area contributed by atoms with Crippen molar-refractivity contribution in [3.8, 4) is 0 Å². The summed E-state index contributed by atoms with van der Waals surface area (Å²) in [6.07, 6.45) is 1.40. The summed E-state index contributed by atoms with van der Waals surface area (Å²) in [6.45, 7) is 3.45. The van der Waals surface area contributed by atoms with E-state index in [0.29, 0.717) is 32.7 Å². The molecular weight excluding hydrogens is 388 g/mol. The van der Waals surface area contributed by atoms with Gasteiger partial charge in [0, 0.05) is 22.5 Å². The lowest BCUT2D eigenvalue weighted by Gasteiger charge is -2.12. The number of hydrogen-bond donors (Lipinski definition) is 1. The molecule has 0 fully saturated rings. The second kappa shape index (κ2) is 7.48. The molecule has 0 saturated carbocycles. The zero-order chi connectivity index (χ0) is 20.5. The summed E-state index contributed by atoms with van der Waals surface area (Å²) in [5, 5.41) is 2.31. The van der Waals surface area contributed by atoms with Gasteiger partial charge in [-0.3, -0.25) is 29.1 Å². The first kappa shape index (κ1) is 18.8. The van der Waals surface area contributed by atoms with Crippen molar-refractivity contribution in [1.82, 2.24) is 14.2 Å². The van der Waals surface area contributed by atoms with Crippen LogP contribution in [0, 0.1) is 13.8 Å². The van der Waals surface area contributed by atoms with Gasteiger partial charge in [-0.15, -0.1) is 11.3 Å². The van der Waals surface area contributed by atoms with E-state index in [1.807, 2.05) is 6.07 Å². The van der Waals surface area contributed by atoms with Crippen LogP contribution in [-0.2, 0) is 6.54 Å². The molecule has 146 valence electrons. The first-order chi connectivity index (χ1) is 14.0. The van der Waals surface area contributed by atoms with Crippen molar-refractivity contribution in [3.05, 3.63) is 87.0 Å². The van der Waals surface area contributed by atoms with E-state index in [2.05, 4.69) is 10.4 Å². The minimum Gasteiger partial charge on any atom is -0.292 e. The van der Waals surface area contributed by atoms with Gasteiger partial charge in [-0.05, 0) is 43.5 Å². The average Bonchev–Trinajstić information content (AvgIpc) is 3.31. The van der Waals surface area contributed by atoms with Crippen LogP contribution in [0.25, 0.3) is 10.2 Å². The summed E-state index contributed by atoms with van der Waals surface area (Å²) >= 11 is 1.38. The SMILES string of the molecule is Cc1cc(C(=O)Cn2cnc3sccc3c2=O)c(C)n1NC(=O)c1ccccc1. The van der Waals surface area contributed by atoms with Crippen LogP contribution >= 0.6 is 11.3 Å². The van der Waals surface area contributed by atoms with Crippen LogP contribution < -0.4 is 11.0 Å². The number of Topliss-reactive ketones (excluding diaryl/α,β-unsaturated/α-hetero) is 1. The summed E-state index contributed by atoms with van der Waals surface area (Å²) in [4.78, 5) is 42.8. The van der Waals surface area contributed by atoms with E-state index in [1.54, 1.807) is 60.3 Å². The minimum atomic E-state index is -0.269. The van der Waals surface area contributed by atoms with Gasteiger partial charge in [0.1, 0.15) is 4.83 Å². The lowest BCUT2D eigenvalue weighted by atomic mass is 10.1. The van der Waals surface area contributed by atoms with Crippen molar-refractivity contribution in [2.24, 2.45) is 0 Å². The van der Waals surface area contributed by atoms with Gasteiger partial charge in [-0.2, -0.15) is 0 Å². The molecule has 7 nitrogen and oxygen atoms in total. The highest BCUT2D eigenvalue weighted by molar-refractivity contribution is 7.16. The summed E-state index contributed by atoms with van der Waals surface area (Å²) < 4.78 is 2.90. The molecule has 1 aromatic carbocycles. The molecule has 3 heterocycles. The molecule has 0 atom stereocenters. The Morgan fingerprint density at radius 1 is 1.14 bits per heavy atom. The molecule has 4 aromatic rings. The largest absolute Gasteiger partial charge is 0.292 e. The third kappa shape index (κ3) is 3.50. The highest BCUT2D eigenvalue weighted by Crippen LogP contribution is 2.17. The van der Waals surface area contributed by atoms with Gasteiger partial charge in [0.05, 0.1) is 18.3 Å². The second-order valence-electron chi connectivity index (χ2n) is 6.67. The number of hydrogen-bond acceptors (Lipinski definition) is 5. The number of aromatic nitrogens is 3. The number of ketones is 1. The van der Waals surface area contributed by atoms with Crippen LogP contribution in [0.4, 0.5) is 0 Å². The summed E-state index contributed by atoms with van der Waals surface area (Å²) in [7, 11) is 0. The molecule has 8 heteroatoms. The Bertz CT molecular complexity index is 1280. The quantitative estimate of drug-likeness (QED) is 0.516. The molecule has 4 rings (SSSR count). The molecule has 0 unspecified atom stereocenters. The molecule has 29 heavy (non-hydrogen) atoms. The Balaban J connectivity index is 1.59. The third-order valence-electron chi connectivity index (χ3n) is 4.75. The Hall–Kier alpha value is -3.52. The zero-order valence-electron chi connectivity index (χ0n) is 15.9. The van der Waals surface area contributed by atoms with Crippen molar-refractivity contribution in [3.63, 3.8) is 0 Å². The molecule has 0 aliphatic carbocycles. The highest BCUT2D eigenvalue weighted by Gasteiger charge is 2.19. The topological polar surface area (TPSA) is 86.0 Å². The van der Waals surface area contributed by atoms with Crippen molar-refractivity contribution in [1.29, 1.82) is 0 Å². The van der Waals surface area contributed by atoms with Gasteiger partial charge in [0.2, 0.25) is 0 Å². The van der Waals surface area contributed by atoms with Gasteiger partial charge in [-0.25, -0.2) is 4.98 Å². The maximum absolute atomic E-state index is 12.9. The molecule has 1 amide bonds. The standard InChI is InChI=1S/C21H18N4O3S/c1-13-10-17(14(2)25(13)23-19(27)15-6-4-3-5-7-15)18(26)11-24-12-22-20-16(21(24)28)8-9-29-20/h3-10,12H,11H2,1-2H3,(H,23,27). The molecule has 0 saturated heterocycles. The lowest BCUT2D eigenvalue weighted by Crippen LogP contribution is -2.26. The van der Waals surface area contributed by atoms with Gasteiger partial charge < -0.3 is 0 Å². The summed E-state index contributed by atoms with van der Waals surface area (Å²) in [5.41, 5.74) is 4.87. The van der Waals surface area contributed by atoms with Crippen LogP contribution in [0.15, 0.2) is 59.0 Å². The highest BCUT2D eigenvalue weighted by atomic mass is 32.1. The van der Waals surface area contributed by atoms with E-state index >= 15 is 0 Å². The molecule has 0 radical (unpaired) electrons. The smallest absolute Gasteiger partial charge is 0.270 e. The maximum Gasteiger partial charge on any atom is 0.270 e. The summed E-state index contributed by atoms with van der Waals surface area (Å²) in [6, 6.07) is 12.3. The van der Waals surface area contributed by atoms with Crippen molar-refractivity contribution in [2.45, 2.75) is 20.4 Å². The zero-order valence-corrected chi connectivity index (χ0v) is 16.7. The molecule has 1 N–H and O–H groups in total. The molecule has 0 spiro atoms. The van der Waals surface area contributed by atoms with E-state index in [4.69, 9.17) is 0 Å². The molecule has 0 aliphatic heterocycles. The van der Waals surface area contributed by atoms with Crippen LogP contribution in [0.3, 0.4) is 0 Å². The molecule has 0 bridgehead atoms. The number of amides is 1. The molecule has 0 aliphatic rings. The first-order valence-electron chi connectivity index (χ1n) is 8.97. The van der Waals surface area contributed by atoms with Gasteiger partial charge >= 0.3 is 0 Å². The fourth-order valence-corrected chi connectivity index (χ4v) is 3.94. The van der Waals surface area contributed by atoms with Crippen LogP contribution in [0.5, 0.6) is 0 Å². The minimum absolute atomic E-state index is 0.117. The lowest BCUT2D eigenvalue weighted by molar-refractivity contribution is 0.0966. The predicted molar refractivity (Wildman–Crippen MR) is 112 cm³/mol. The number of rotatable bonds is 5. The maximum atomic E-state index is 12.9. The average molecular weight is 406 g/mol. The number of benzene rings is 1. The monoisotopic (exact) mass is 406 g/mol. The number of thiophene rings is 1. The van der Waals surface area contributed by atoms with Crippen molar-refractivity contribution in [2.75, 3.05) is 5.43 Å². The predicted octanol–water partition coefficient (Wildman–Crippen LogP) is 3.14. The fraction of sp³-hybridized carbons (Fsp3) is 0.143. The van der Waals surface area contributed by atoms with E-state index in [-0.39, 0.29) is 23.8 Å². The fourth-order valence-electron chi connectivity index (χ4n) is 3.22. The summed E-state index contributed by atoms with van der Waals surface area (Å²) in [5.74, 6) is -0.494. The number of nitrogens with one attached hydrogen (secondary N) is 1. The van der Waals surface area contributed by atoms with Gasteiger partial charge in [0.15, 0.2) is 5.78 Å². The Labute approximate surface area is 170 Å². The van der Waals surface area contributed by atoms with Crippen LogP contribution in [0.1, 0.15) is 32.1 Å². The molecule has 3 aromatic heterocycles. The van der Waals surface area contributed by atoms with E-state index in [1.165, 1.54) is 22.2 Å². The first-order valence-corrected chi connectivity index (χ1v) is 9.85. The van der Waals surface area contributed by atoms with Crippen molar-refractivity contribution < 1.29 is 9.59 Å². The van der Waals surface area contributed by atoms with Crippen LogP contribution in [-0.4, -0.2) is 25.9 Å². The number of nitrogens with zero attached hydrogens (tertiary/aromatic N) is 3. The van der Waals surface area contributed by atoms with Crippen molar-refractivity contribution >= 4 is 33.2 Å². The van der Waals surface area contributed by atoms with E-state index < -0.39 is 0 Å². The molecular formula is C21H18N4O3S. The Morgan fingerprint density at radius 3 is 2.66 bits per heavy atom. The van der Waals surface area contributed by atoms with Gasteiger partial charge in [0.25, 0.3) is 11.5 Å². The number of fused-ring (bicyclic) bond motifs is 1. The second-order valence-corrected chi connectivity index (χ2v) is 7.56. The number of carbonyl (C=O) groups excluding carboxylic acids is 2. The van der Waals surface area contributed by atoms with Gasteiger partial charge in [-0.1, -0.05) is 18.2 Å². The Kier molecular flexibility index (Phi) is 4.85. The number of carbonyl (C=O) groups is 2. The van der Waals surface area contributed by atoms with Crippen LogP contribution in [0.2, 0.25) is 0 Å². The van der Waals surface area contributed by atoms with E-state index in [9.17, 15) is 14.4 Å². The normalized spacial score (nSPS) is 11.0. The number of aryl methyl sites for hydroxylation is 1. The third-order valence-corrected chi connectivity index (χ3v) is 5.57. The Morgan fingerprint density at radius 2 is 1.90 bits per heavy atom.